The van der Waals surface area contributed by atoms with Crippen molar-refractivity contribution in [3.8, 4) is 17.1 Å². The van der Waals surface area contributed by atoms with Gasteiger partial charge in [0.05, 0.1) is 37.3 Å². The zero-order valence-electron chi connectivity index (χ0n) is 10.6. The van der Waals surface area contributed by atoms with Gasteiger partial charge in [0.1, 0.15) is 5.75 Å². The lowest BCUT2D eigenvalue weighted by Crippen LogP contribution is -1.94. The van der Waals surface area contributed by atoms with Crippen molar-refractivity contribution < 1.29 is 9.47 Å². The fourth-order valence-corrected chi connectivity index (χ4v) is 1.66. The van der Waals surface area contributed by atoms with Gasteiger partial charge in [-0.25, -0.2) is 0 Å². The monoisotopic (exact) mass is 247 g/mol. The van der Waals surface area contributed by atoms with Gasteiger partial charge in [-0.05, 0) is 12.1 Å². The first-order valence-electron chi connectivity index (χ1n) is 5.74. The van der Waals surface area contributed by atoms with Crippen LogP contribution in [-0.2, 0) is 4.74 Å². The highest BCUT2D eigenvalue weighted by atomic mass is 16.5. The van der Waals surface area contributed by atoms with E-state index in [-0.39, 0.29) is 0 Å². The van der Waals surface area contributed by atoms with Crippen LogP contribution >= 0.6 is 0 Å². The Morgan fingerprint density at radius 1 is 1.33 bits per heavy atom. The average molecular weight is 247 g/mol. The van der Waals surface area contributed by atoms with Gasteiger partial charge in [-0.2, -0.15) is 0 Å². The zero-order valence-corrected chi connectivity index (χ0v) is 10.6. The summed E-state index contributed by atoms with van der Waals surface area (Å²) in [6, 6.07) is 5.90. The number of hydrogen-bond donors (Lipinski definition) is 2. The van der Waals surface area contributed by atoms with Crippen molar-refractivity contribution in [3.05, 3.63) is 30.1 Å². The van der Waals surface area contributed by atoms with Gasteiger partial charge in [-0.1, -0.05) is 0 Å². The Bertz CT molecular complexity index is 500. The summed E-state index contributed by atoms with van der Waals surface area (Å²) in [5, 5.41) is 0. The minimum Gasteiger partial charge on any atom is -0.494 e. The van der Waals surface area contributed by atoms with Crippen molar-refractivity contribution in [1.29, 1.82) is 0 Å². The lowest BCUT2D eigenvalue weighted by Gasteiger charge is -1.96. The van der Waals surface area contributed by atoms with Crippen LogP contribution in [0.3, 0.4) is 0 Å². The molecule has 5 heteroatoms. The Kier molecular flexibility index (Phi) is 4.20. The molecular formula is C13H17N3O2. The third kappa shape index (κ3) is 2.81. The van der Waals surface area contributed by atoms with E-state index in [1.807, 2.05) is 24.4 Å². The molecule has 2 rings (SSSR count). The van der Waals surface area contributed by atoms with Crippen LogP contribution in [-0.4, -0.2) is 43.6 Å². The number of aliphatic imine (C=N–C) groups is 1. The molecule has 0 saturated heterocycles. The molecule has 0 aliphatic heterocycles. The molecule has 0 aliphatic rings. The largest absolute Gasteiger partial charge is 0.494 e. The molecule has 2 aromatic rings. The summed E-state index contributed by atoms with van der Waals surface area (Å²) < 4.78 is 10.3. The van der Waals surface area contributed by atoms with Gasteiger partial charge in [-0.3, -0.25) is 4.99 Å². The number of methoxy groups -OCH3 is 2. The van der Waals surface area contributed by atoms with Crippen LogP contribution < -0.4 is 4.74 Å². The average Bonchev–Trinajstić information content (AvgIpc) is 3.03. The molecule has 0 bridgehead atoms. The predicted molar refractivity (Wildman–Crippen MR) is 71.5 cm³/mol. The number of aromatic nitrogens is 2. The lowest BCUT2D eigenvalue weighted by molar-refractivity contribution is 0.208. The molecule has 0 aromatic carbocycles. The third-order valence-electron chi connectivity index (χ3n) is 2.56. The maximum Gasteiger partial charge on any atom is 0.146 e. The smallest absolute Gasteiger partial charge is 0.146 e. The molecule has 0 spiro atoms. The molecule has 2 N–H and O–H groups in total. The quantitative estimate of drug-likeness (QED) is 0.606. The van der Waals surface area contributed by atoms with Gasteiger partial charge in [0.2, 0.25) is 0 Å². The second-order valence-corrected chi connectivity index (χ2v) is 3.78. The molecule has 18 heavy (non-hydrogen) atoms. The number of ether oxygens (including phenoxy) is 2. The second-order valence-electron chi connectivity index (χ2n) is 3.78. The Balaban J connectivity index is 2.17. The molecular weight excluding hydrogens is 230 g/mol. The van der Waals surface area contributed by atoms with Gasteiger partial charge in [-0.15, -0.1) is 0 Å². The number of hydrogen-bond acceptors (Lipinski definition) is 3. The number of H-pyrrole nitrogens is 2. The van der Waals surface area contributed by atoms with Gasteiger partial charge in [0, 0.05) is 25.6 Å². The summed E-state index contributed by atoms with van der Waals surface area (Å²) in [6.07, 6.45) is 3.65. The normalized spacial score (nSPS) is 11.2. The Morgan fingerprint density at radius 2 is 2.22 bits per heavy atom. The standard InChI is InChI=1S/C13H17N3O2/c1-17-7-6-14-9-12-13(18-2)8-11(16-12)10-4-3-5-15-10/h3-5,8-9,15-16H,6-7H2,1-2H3. The van der Waals surface area contributed by atoms with E-state index in [1.165, 1.54) is 0 Å². The van der Waals surface area contributed by atoms with Crippen LogP contribution in [0.4, 0.5) is 0 Å². The fourth-order valence-electron chi connectivity index (χ4n) is 1.66. The molecule has 0 saturated carbocycles. The highest BCUT2D eigenvalue weighted by molar-refractivity contribution is 5.83. The summed E-state index contributed by atoms with van der Waals surface area (Å²) in [6.45, 7) is 1.25. The molecule has 2 aromatic heterocycles. The highest BCUT2D eigenvalue weighted by Crippen LogP contribution is 2.24. The number of rotatable bonds is 6. The molecule has 0 unspecified atom stereocenters. The van der Waals surface area contributed by atoms with E-state index < -0.39 is 0 Å². The molecule has 0 radical (unpaired) electrons. The second kappa shape index (κ2) is 6.07. The first-order chi connectivity index (χ1) is 8.85. The molecule has 0 fully saturated rings. The first-order valence-corrected chi connectivity index (χ1v) is 5.74. The summed E-state index contributed by atoms with van der Waals surface area (Å²) in [7, 11) is 3.31. The van der Waals surface area contributed by atoms with Crippen LogP contribution in [0.5, 0.6) is 5.75 Å². The van der Waals surface area contributed by atoms with Crippen LogP contribution in [0, 0.1) is 0 Å². The van der Waals surface area contributed by atoms with Crippen LogP contribution in [0.2, 0.25) is 0 Å². The highest BCUT2D eigenvalue weighted by Gasteiger charge is 2.08. The summed E-state index contributed by atoms with van der Waals surface area (Å²) in [5.74, 6) is 0.778. The Morgan fingerprint density at radius 3 is 2.89 bits per heavy atom. The first kappa shape index (κ1) is 12.4. The third-order valence-corrected chi connectivity index (χ3v) is 2.56. The minimum atomic E-state index is 0.614. The van der Waals surface area contributed by atoms with Crippen molar-refractivity contribution in [3.63, 3.8) is 0 Å². The molecule has 0 aliphatic carbocycles. The van der Waals surface area contributed by atoms with E-state index in [9.17, 15) is 0 Å². The van der Waals surface area contributed by atoms with E-state index in [4.69, 9.17) is 9.47 Å². The summed E-state index contributed by atoms with van der Waals surface area (Å²) in [5.41, 5.74) is 2.85. The number of nitrogens with one attached hydrogen (secondary N) is 2. The number of nitrogens with zero attached hydrogens (tertiary/aromatic N) is 1. The predicted octanol–water partition coefficient (Wildman–Crippen LogP) is 2.08. The maximum atomic E-state index is 5.31. The number of aromatic amines is 2. The van der Waals surface area contributed by atoms with Gasteiger partial charge in [0.25, 0.3) is 0 Å². The van der Waals surface area contributed by atoms with Gasteiger partial charge < -0.3 is 19.4 Å². The zero-order chi connectivity index (χ0) is 12.8. The summed E-state index contributed by atoms with van der Waals surface area (Å²) in [4.78, 5) is 10.7. The fraction of sp³-hybridized carbons (Fsp3) is 0.308. The molecule has 0 atom stereocenters. The van der Waals surface area contributed by atoms with E-state index in [2.05, 4.69) is 15.0 Å². The molecule has 0 amide bonds. The summed E-state index contributed by atoms with van der Waals surface area (Å²) >= 11 is 0. The van der Waals surface area contributed by atoms with Crippen molar-refractivity contribution in [2.45, 2.75) is 0 Å². The van der Waals surface area contributed by atoms with Gasteiger partial charge >= 0.3 is 0 Å². The van der Waals surface area contributed by atoms with Gasteiger partial charge in [0.15, 0.2) is 0 Å². The maximum absolute atomic E-state index is 5.31. The van der Waals surface area contributed by atoms with Crippen molar-refractivity contribution in [2.24, 2.45) is 4.99 Å². The van der Waals surface area contributed by atoms with E-state index in [0.717, 1.165) is 22.8 Å². The lowest BCUT2D eigenvalue weighted by atomic mass is 10.3. The van der Waals surface area contributed by atoms with Crippen molar-refractivity contribution in [1.82, 2.24) is 9.97 Å². The van der Waals surface area contributed by atoms with Crippen molar-refractivity contribution >= 4 is 6.21 Å². The van der Waals surface area contributed by atoms with Crippen LogP contribution in [0.25, 0.3) is 11.4 Å². The Labute approximate surface area is 106 Å². The topological polar surface area (TPSA) is 62.4 Å². The SMILES string of the molecule is COCCN=Cc1[nH]c(-c2ccc[nH]2)cc1OC. The van der Waals surface area contributed by atoms with Crippen molar-refractivity contribution in [2.75, 3.05) is 27.4 Å². The van der Waals surface area contributed by atoms with E-state index >= 15 is 0 Å². The molecule has 96 valence electrons. The Hall–Kier alpha value is -2.01. The molecule has 2 heterocycles. The van der Waals surface area contributed by atoms with Crippen LogP contribution in [0.15, 0.2) is 29.4 Å². The molecule has 5 nitrogen and oxygen atoms in total. The van der Waals surface area contributed by atoms with E-state index in [0.29, 0.717) is 13.2 Å². The van der Waals surface area contributed by atoms with E-state index in [1.54, 1.807) is 20.4 Å². The van der Waals surface area contributed by atoms with Crippen LogP contribution in [0.1, 0.15) is 5.69 Å². The minimum absolute atomic E-state index is 0.614.